The van der Waals surface area contributed by atoms with Crippen molar-refractivity contribution in [2.75, 3.05) is 10.6 Å². The second kappa shape index (κ2) is 9.86. The van der Waals surface area contributed by atoms with E-state index in [9.17, 15) is 26.4 Å². The molecule has 0 atom stereocenters. The first-order valence-corrected chi connectivity index (χ1v) is 12.3. The van der Waals surface area contributed by atoms with Crippen LogP contribution in [0.4, 0.5) is 29.3 Å². The van der Waals surface area contributed by atoms with Crippen molar-refractivity contribution in [3.8, 4) is 5.69 Å². The summed E-state index contributed by atoms with van der Waals surface area (Å²) < 4.78 is 66.8. The lowest BCUT2D eigenvalue weighted by atomic mass is 10.2. The van der Waals surface area contributed by atoms with Crippen LogP contribution < -0.4 is 10.6 Å². The number of nitrogens with one attached hydrogen (secondary N) is 2. The molecule has 3 aromatic carbocycles. The largest absolute Gasteiger partial charge is 0.416 e. The van der Waals surface area contributed by atoms with Gasteiger partial charge in [-0.3, -0.25) is 0 Å². The van der Waals surface area contributed by atoms with Gasteiger partial charge in [-0.1, -0.05) is 36.4 Å². The maximum Gasteiger partial charge on any atom is 0.416 e. The van der Waals surface area contributed by atoms with Crippen molar-refractivity contribution in [2.24, 2.45) is 0 Å². The number of carbonyl (C=O) groups excluding carboxylic acids is 1. The van der Waals surface area contributed by atoms with Gasteiger partial charge in [0.05, 0.1) is 27.6 Å². The fourth-order valence-corrected chi connectivity index (χ4v) is 4.96. The number of hydrogen-bond donors (Lipinski definition) is 2. The normalized spacial score (nSPS) is 11.8. The molecule has 1 aromatic heterocycles. The summed E-state index contributed by atoms with van der Waals surface area (Å²) in [6, 6.07) is 16.3. The lowest BCUT2D eigenvalue weighted by Crippen LogP contribution is -2.21. The van der Waals surface area contributed by atoms with Crippen molar-refractivity contribution in [3.05, 3.63) is 102 Å². The van der Waals surface area contributed by atoms with Gasteiger partial charge >= 0.3 is 12.2 Å². The highest BCUT2D eigenvalue weighted by molar-refractivity contribution is 7.90. The smallest absolute Gasteiger partial charge is 0.308 e. The number of urea groups is 1. The average Bonchev–Trinajstić information content (AvgIpc) is 3.24. The van der Waals surface area contributed by atoms with E-state index in [1.54, 1.807) is 54.2 Å². The Morgan fingerprint density at radius 3 is 2.39 bits per heavy atom. The summed E-state index contributed by atoms with van der Waals surface area (Å²) in [5, 5.41) is 4.93. The van der Waals surface area contributed by atoms with Crippen LogP contribution in [0.25, 0.3) is 5.69 Å². The zero-order valence-corrected chi connectivity index (χ0v) is 19.8. The molecule has 2 N–H and O–H groups in total. The number of benzene rings is 3. The molecule has 0 aliphatic heterocycles. The maximum absolute atomic E-state index is 13.1. The van der Waals surface area contributed by atoms with Crippen molar-refractivity contribution >= 4 is 27.2 Å². The van der Waals surface area contributed by atoms with Crippen molar-refractivity contribution in [1.82, 2.24) is 9.55 Å². The number of aryl methyl sites for hydroxylation is 1. The summed E-state index contributed by atoms with van der Waals surface area (Å²) in [7, 11) is -3.77. The molecular formula is C25H21F3N4O3S. The standard InChI is InChI=1S/C25H21F3N4O3S/c1-17-29-12-13-32(17)23-11-10-21(36(34,35)16-18-6-3-2-4-7-18)15-22(23)31-24(33)30-20-9-5-8-19(14-20)25(26,27)28/h2-15H,16H2,1H3,(H2,30,31,33). The van der Waals surface area contributed by atoms with E-state index in [1.807, 2.05) is 0 Å². The van der Waals surface area contributed by atoms with Crippen LogP contribution >= 0.6 is 0 Å². The van der Waals surface area contributed by atoms with Gasteiger partial charge in [-0.25, -0.2) is 18.2 Å². The molecule has 0 radical (unpaired) electrons. The third-order valence-corrected chi connectivity index (χ3v) is 6.99. The van der Waals surface area contributed by atoms with E-state index in [-0.39, 0.29) is 22.0 Å². The zero-order valence-electron chi connectivity index (χ0n) is 19.0. The molecule has 4 rings (SSSR count). The molecule has 0 aliphatic rings. The number of hydrogen-bond acceptors (Lipinski definition) is 4. The monoisotopic (exact) mass is 514 g/mol. The molecule has 1 heterocycles. The average molecular weight is 515 g/mol. The topological polar surface area (TPSA) is 93.1 Å². The van der Waals surface area contributed by atoms with Gasteiger partial charge in [0.25, 0.3) is 0 Å². The van der Waals surface area contributed by atoms with Crippen molar-refractivity contribution in [1.29, 1.82) is 0 Å². The first kappa shape index (κ1) is 25.0. The SMILES string of the molecule is Cc1nccn1-c1ccc(S(=O)(=O)Cc2ccccc2)cc1NC(=O)Nc1cccc(C(F)(F)F)c1. The van der Waals surface area contributed by atoms with Crippen molar-refractivity contribution in [3.63, 3.8) is 0 Å². The molecule has 4 aromatic rings. The lowest BCUT2D eigenvalue weighted by Gasteiger charge is -2.16. The number of carbonyl (C=O) groups is 1. The number of anilines is 2. The third kappa shape index (κ3) is 5.74. The molecule has 0 unspecified atom stereocenters. The number of amides is 2. The number of halogens is 3. The molecular weight excluding hydrogens is 493 g/mol. The molecule has 2 amide bonds. The Morgan fingerprint density at radius 1 is 0.972 bits per heavy atom. The summed E-state index contributed by atoms with van der Waals surface area (Å²) in [6.45, 7) is 1.73. The minimum absolute atomic E-state index is 0.0257. The first-order chi connectivity index (χ1) is 17.0. The predicted molar refractivity (Wildman–Crippen MR) is 130 cm³/mol. The molecule has 0 fully saturated rings. The van der Waals surface area contributed by atoms with Crippen molar-refractivity contribution < 1.29 is 26.4 Å². The summed E-state index contributed by atoms with van der Waals surface area (Å²) in [5.41, 5.74) is 0.181. The van der Waals surface area contributed by atoms with E-state index < -0.39 is 27.6 Å². The van der Waals surface area contributed by atoms with Crippen LogP contribution in [0.15, 0.2) is 90.1 Å². The Balaban J connectivity index is 1.66. The van der Waals surface area contributed by atoms with Gasteiger partial charge in [-0.15, -0.1) is 0 Å². The van der Waals surface area contributed by atoms with E-state index in [2.05, 4.69) is 15.6 Å². The van der Waals surface area contributed by atoms with Gasteiger partial charge in [0.15, 0.2) is 9.84 Å². The van der Waals surface area contributed by atoms with Crippen LogP contribution in [-0.4, -0.2) is 24.0 Å². The highest BCUT2D eigenvalue weighted by Gasteiger charge is 2.30. The zero-order chi connectivity index (χ0) is 25.9. The Labute approximate surface area is 205 Å². The van der Waals surface area contributed by atoms with Gasteiger partial charge in [0.2, 0.25) is 0 Å². The van der Waals surface area contributed by atoms with Crippen LogP contribution in [0.2, 0.25) is 0 Å². The fraction of sp³-hybridized carbons (Fsp3) is 0.120. The van der Waals surface area contributed by atoms with Gasteiger partial charge in [0.1, 0.15) is 5.82 Å². The third-order valence-electron chi connectivity index (χ3n) is 5.31. The van der Waals surface area contributed by atoms with E-state index in [1.165, 1.54) is 30.3 Å². The van der Waals surface area contributed by atoms with Crippen LogP contribution in [0.1, 0.15) is 17.0 Å². The minimum atomic E-state index is -4.57. The summed E-state index contributed by atoms with van der Waals surface area (Å²) in [6.07, 6.45) is -1.39. The van der Waals surface area contributed by atoms with Crippen LogP contribution in [0, 0.1) is 6.92 Å². The molecule has 7 nitrogen and oxygen atoms in total. The lowest BCUT2D eigenvalue weighted by molar-refractivity contribution is -0.137. The van der Waals surface area contributed by atoms with E-state index in [0.717, 1.165) is 12.1 Å². The molecule has 0 saturated heterocycles. The molecule has 186 valence electrons. The summed E-state index contributed by atoms with van der Waals surface area (Å²) >= 11 is 0. The second-order valence-electron chi connectivity index (χ2n) is 7.93. The van der Waals surface area contributed by atoms with Gasteiger partial charge in [-0.05, 0) is 48.9 Å². The highest BCUT2D eigenvalue weighted by atomic mass is 32.2. The number of rotatable bonds is 6. The Hall–Kier alpha value is -4.12. The molecule has 0 saturated carbocycles. The number of nitrogens with zero attached hydrogens (tertiary/aromatic N) is 2. The fourth-order valence-electron chi connectivity index (χ4n) is 3.59. The number of alkyl halides is 3. The molecule has 0 aliphatic carbocycles. The number of sulfone groups is 1. The summed E-state index contributed by atoms with van der Waals surface area (Å²) in [4.78, 5) is 16.8. The van der Waals surface area contributed by atoms with Crippen molar-refractivity contribution in [2.45, 2.75) is 23.7 Å². The van der Waals surface area contributed by atoms with Gasteiger partial charge in [0, 0.05) is 18.1 Å². The number of aromatic nitrogens is 2. The molecule has 0 spiro atoms. The maximum atomic E-state index is 13.1. The molecule has 0 bridgehead atoms. The predicted octanol–water partition coefficient (Wildman–Crippen LogP) is 5.82. The Bertz CT molecular complexity index is 1500. The second-order valence-corrected chi connectivity index (χ2v) is 9.92. The Morgan fingerprint density at radius 2 is 1.72 bits per heavy atom. The van der Waals surface area contributed by atoms with Crippen LogP contribution in [-0.2, 0) is 21.8 Å². The quantitative estimate of drug-likeness (QED) is 0.339. The molecule has 36 heavy (non-hydrogen) atoms. The number of imidazole rings is 1. The minimum Gasteiger partial charge on any atom is -0.308 e. The van der Waals surface area contributed by atoms with E-state index in [4.69, 9.17) is 0 Å². The van der Waals surface area contributed by atoms with Gasteiger partial charge < -0.3 is 15.2 Å². The Kier molecular flexibility index (Phi) is 6.84. The first-order valence-electron chi connectivity index (χ1n) is 10.7. The van der Waals surface area contributed by atoms with Gasteiger partial charge in [-0.2, -0.15) is 13.2 Å². The highest BCUT2D eigenvalue weighted by Crippen LogP contribution is 2.31. The van der Waals surface area contributed by atoms with Crippen LogP contribution in [0.5, 0.6) is 0 Å². The van der Waals surface area contributed by atoms with Crippen LogP contribution in [0.3, 0.4) is 0 Å². The molecule has 11 heteroatoms. The summed E-state index contributed by atoms with van der Waals surface area (Å²) in [5.74, 6) is 0.337. The van der Waals surface area contributed by atoms with E-state index in [0.29, 0.717) is 17.1 Å². The van der Waals surface area contributed by atoms with E-state index >= 15 is 0 Å².